The van der Waals surface area contributed by atoms with Crippen LogP contribution in [-0.2, 0) is 11.3 Å². The number of anilines is 1. The zero-order chi connectivity index (χ0) is 19.0. The van der Waals surface area contributed by atoms with E-state index in [1.54, 1.807) is 0 Å². The molecule has 0 saturated carbocycles. The molecule has 1 fully saturated rings. The molecule has 3 heterocycles. The number of nitrogens with one attached hydrogen (secondary N) is 2. The lowest BCUT2D eigenvalue weighted by molar-refractivity contribution is -0.0501. The third-order valence-corrected chi connectivity index (χ3v) is 4.55. The first-order chi connectivity index (χ1) is 13.1. The number of hydrogen-bond acceptors (Lipinski definition) is 8. The molecule has 10 heteroatoms. The van der Waals surface area contributed by atoms with Crippen LogP contribution in [0.5, 0.6) is 0 Å². The Bertz CT molecular complexity index is 988. The van der Waals surface area contributed by atoms with Crippen LogP contribution in [0.3, 0.4) is 0 Å². The van der Waals surface area contributed by atoms with E-state index < -0.39 is 36.7 Å². The Morgan fingerprint density at radius 2 is 2.00 bits per heavy atom. The molecular weight excluding hydrogens is 354 g/mol. The van der Waals surface area contributed by atoms with Gasteiger partial charge in [-0.1, -0.05) is 30.3 Å². The number of aromatic nitrogens is 4. The van der Waals surface area contributed by atoms with Gasteiger partial charge in [0, 0.05) is 6.54 Å². The minimum atomic E-state index is -1.32. The van der Waals surface area contributed by atoms with Gasteiger partial charge < -0.3 is 30.4 Å². The number of H-pyrrole nitrogens is 1. The maximum Gasteiger partial charge on any atom is 0.278 e. The first-order valence-corrected chi connectivity index (χ1v) is 8.46. The van der Waals surface area contributed by atoms with E-state index in [1.165, 1.54) is 10.9 Å². The third-order valence-electron chi connectivity index (χ3n) is 4.55. The predicted octanol–water partition coefficient (Wildman–Crippen LogP) is -0.657. The molecule has 1 aliphatic heterocycles. The van der Waals surface area contributed by atoms with Crippen LogP contribution in [0.25, 0.3) is 11.2 Å². The van der Waals surface area contributed by atoms with Crippen LogP contribution in [0.1, 0.15) is 11.8 Å². The van der Waals surface area contributed by atoms with Gasteiger partial charge in [0.2, 0.25) is 5.95 Å². The van der Waals surface area contributed by atoms with Crippen LogP contribution in [-0.4, -0.2) is 59.8 Å². The van der Waals surface area contributed by atoms with Crippen molar-refractivity contribution in [1.29, 1.82) is 0 Å². The molecule has 27 heavy (non-hydrogen) atoms. The SMILES string of the molecule is O=c1[nH]cnc2c1nc(NCc1ccccc1)n2[C@H]1O[C@@H](CO)[C@@H](O)[C@H]1O. The molecule has 0 aliphatic carbocycles. The number of nitrogens with zero attached hydrogens (tertiary/aromatic N) is 3. The van der Waals surface area contributed by atoms with E-state index >= 15 is 0 Å². The number of ether oxygens (including phenoxy) is 1. The van der Waals surface area contributed by atoms with Gasteiger partial charge in [0.1, 0.15) is 18.3 Å². The maximum atomic E-state index is 12.1. The fourth-order valence-electron chi connectivity index (χ4n) is 3.16. The molecule has 1 aliphatic rings. The van der Waals surface area contributed by atoms with Crippen molar-refractivity contribution in [3.8, 4) is 0 Å². The maximum absolute atomic E-state index is 12.1. The van der Waals surface area contributed by atoms with Gasteiger partial charge in [-0.3, -0.25) is 9.36 Å². The van der Waals surface area contributed by atoms with E-state index in [4.69, 9.17) is 4.74 Å². The average Bonchev–Trinajstić information content (AvgIpc) is 3.19. The molecule has 1 aromatic carbocycles. The molecule has 142 valence electrons. The van der Waals surface area contributed by atoms with Crippen molar-refractivity contribution in [2.75, 3.05) is 11.9 Å². The number of aromatic amines is 1. The summed E-state index contributed by atoms with van der Waals surface area (Å²) in [4.78, 5) is 23.0. The van der Waals surface area contributed by atoms with Crippen LogP contribution in [0.4, 0.5) is 5.95 Å². The number of aliphatic hydroxyl groups is 3. The Morgan fingerprint density at radius 3 is 2.70 bits per heavy atom. The molecule has 1 saturated heterocycles. The van der Waals surface area contributed by atoms with Gasteiger partial charge in [-0.05, 0) is 5.56 Å². The van der Waals surface area contributed by atoms with Gasteiger partial charge in [0.05, 0.1) is 12.9 Å². The highest BCUT2D eigenvalue weighted by atomic mass is 16.6. The number of rotatable bonds is 5. The minimum absolute atomic E-state index is 0.0748. The van der Waals surface area contributed by atoms with Gasteiger partial charge in [0.15, 0.2) is 17.4 Å². The Balaban J connectivity index is 1.76. The Kier molecular flexibility index (Phi) is 4.62. The molecule has 0 spiro atoms. The predicted molar refractivity (Wildman–Crippen MR) is 94.9 cm³/mol. The molecule has 0 unspecified atom stereocenters. The van der Waals surface area contributed by atoms with E-state index in [0.29, 0.717) is 6.54 Å². The average molecular weight is 373 g/mol. The summed E-state index contributed by atoms with van der Waals surface area (Å²) in [6.07, 6.45) is -3.38. The van der Waals surface area contributed by atoms with Crippen molar-refractivity contribution in [3.05, 3.63) is 52.6 Å². The van der Waals surface area contributed by atoms with Crippen LogP contribution in [0.15, 0.2) is 41.5 Å². The smallest absolute Gasteiger partial charge is 0.278 e. The number of benzene rings is 1. The van der Waals surface area contributed by atoms with Crippen molar-refractivity contribution in [1.82, 2.24) is 19.5 Å². The Hall–Kier alpha value is -2.79. The summed E-state index contributed by atoms with van der Waals surface area (Å²) in [6, 6.07) is 9.56. The normalized spacial score (nSPS) is 25.1. The highest BCUT2D eigenvalue weighted by Gasteiger charge is 2.45. The molecule has 0 radical (unpaired) electrons. The van der Waals surface area contributed by atoms with Crippen molar-refractivity contribution >= 4 is 17.1 Å². The first kappa shape index (κ1) is 17.6. The van der Waals surface area contributed by atoms with Gasteiger partial charge in [-0.15, -0.1) is 0 Å². The monoisotopic (exact) mass is 373 g/mol. The second kappa shape index (κ2) is 7.08. The van der Waals surface area contributed by atoms with Crippen LogP contribution in [0, 0.1) is 0 Å². The minimum Gasteiger partial charge on any atom is -0.394 e. The lowest BCUT2D eigenvalue weighted by atomic mass is 10.1. The van der Waals surface area contributed by atoms with Crippen LogP contribution in [0.2, 0.25) is 0 Å². The van der Waals surface area contributed by atoms with Gasteiger partial charge in [-0.25, -0.2) is 9.97 Å². The second-order valence-corrected chi connectivity index (χ2v) is 6.28. The lowest BCUT2D eigenvalue weighted by Gasteiger charge is -2.19. The summed E-state index contributed by atoms with van der Waals surface area (Å²) in [5.41, 5.74) is 0.822. The van der Waals surface area contributed by atoms with Crippen molar-refractivity contribution in [2.45, 2.75) is 31.1 Å². The Labute approximate surface area is 153 Å². The summed E-state index contributed by atoms with van der Waals surface area (Å²) in [7, 11) is 0. The lowest BCUT2D eigenvalue weighted by Crippen LogP contribution is -2.33. The number of aliphatic hydroxyl groups excluding tert-OH is 3. The van der Waals surface area contributed by atoms with E-state index in [0.717, 1.165) is 5.56 Å². The molecule has 0 bridgehead atoms. The molecule has 0 amide bonds. The van der Waals surface area contributed by atoms with Crippen molar-refractivity contribution < 1.29 is 20.1 Å². The van der Waals surface area contributed by atoms with Gasteiger partial charge >= 0.3 is 0 Å². The molecule has 2 aromatic heterocycles. The van der Waals surface area contributed by atoms with Gasteiger partial charge in [0.25, 0.3) is 5.56 Å². The molecule has 3 aromatic rings. The van der Waals surface area contributed by atoms with E-state index in [1.807, 2.05) is 30.3 Å². The molecule has 5 N–H and O–H groups in total. The standard InChI is InChI=1S/C17H19N5O5/c23-7-10-12(24)13(25)16(27-10)22-14-11(15(26)20-8-19-14)21-17(22)18-6-9-4-2-1-3-5-9/h1-5,8,10,12-13,16,23-25H,6-7H2,(H,18,21)(H,19,20,26)/t10-,12+,13+,16-/m0/s1. The highest BCUT2D eigenvalue weighted by molar-refractivity contribution is 5.73. The van der Waals surface area contributed by atoms with Crippen molar-refractivity contribution in [2.24, 2.45) is 0 Å². The third kappa shape index (κ3) is 3.08. The fourth-order valence-corrected chi connectivity index (χ4v) is 3.16. The van der Waals surface area contributed by atoms with E-state index in [2.05, 4.69) is 20.3 Å². The highest BCUT2D eigenvalue weighted by Crippen LogP contribution is 2.33. The summed E-state index contributed by atoms with van der Waals surface area (Å²) in [5.74, 6) is 0.257. The molecular formula is C17H19N5O5. The molecule has 10 nitrogen and oxygen atoms in total. The first-order valence-electron chi connectivity index (χ1n) is 8.46. The van der Waals surface area contributed by atoms with E-state index in [9.17, 15) is 20.1 Å². The summed E-state index contributed by atoms with van der Waals surface area (Å²) < 4.78 is 7.03. The number of hydrogen-bond donors (Lipinski definition) is 5. The zero-order valence-corrected chi connectivity index (χ0v) is 14.2. The summed E-state index contributed by atoms with van der Waals surface area (Å²) in [6.45, 7) is -0.0426. The van der Waals surface area contributed by atoms with Gasteiger partial charge in [-0.2, -0.15) is 0 Å². The van der Waals surface area contributed by atoms with E-state index in [-0.39, 0.29) is 17.1 Å². The summed E-state index contributed by atoms with van der Waals surface area (Å²) >= 11 is 0. The summed E-state index contributed by atoms with van der Waals surface area (Å²) in [5, 5.41) is 32.9. The van der Waals surface area contributed by atoms with Crippen LogP contribution < -0.4 is 10.9 Å². The molecule has 4 rings (SSSR count). The van der Waals surface area contributed by atoms with Crippen LogP contribution >= 0.6 is 0 Å². The largest absolute Gasteiger partial charge is 0.394 e. The number of fused-ring (bicyclic) bond motifs is 1. The number of imidazole rings is 1. The second-order valence-electron chi connectivity index (χ2n) is 6.28. The quantitative estimate of drug-likeness (QED) is 0.396. The molecule has 4 atom stereocenters. The fraction of sp³-hybridized carbons (Fsp3) is 0.353. The van der Waals surface area contributed by atoms with Crippen molar-refractivity contribution in [3.63, 3.8) is 0 Å². The Morgan fingerprint density at radius 1 is 1.22 bits per heavy atom. The zero-order valence-electron chi connectivity index (χ0n) is 14.2. The topological polar surface area (TPSA) is 146 Å².